The van der Waals surface area contributed by atoms with E-state index in [0.717, 1.165) is 5.56 Å². The monoisotopic (exact) mass is 145 g/mol. The van der Waals surface area contributed by atoms with Gasteiger partial charge in [0.15, 0.2) is 0 Å². The first-order chi connectivity index (χ1) is 4.43. The van der Waals surface area contributed by atoms with E-state index in [1.807, 2.05) is 30.3 Å². The van der Waals surface area contributed by atoms with Crippen molar-refractivity contribution in [3.8, 4) is 0 Å². The molecule has 0 unspecified atom stereocenters. The van der Waals surface area contributed by atoms with Crippen LogP contribution in [0.15, 0.2) is 35.5 Å². The van der Waals surface area contributed by atoms with Gasteiger partial charge in [0, 0.05) is 0 Å². The minimum Gasteiger partial charge on any atom is -1.00 e. The van der Waals surface area contributed by atoms with Crippen molar-refractivity contribution in [1.82, 2.24) is 0 Å². The average molecular weight is 145 g/mol. The Balaban J connectivity index is 0. The SMILES string of the molecule is O/N=C\c1ccccc1.[H-].[Na+]. The van der Waals surface area contributed by atoms with Crippen molar-refractivity contribution in [2.45, 2.75) is 0 Å². The van der Waals surface area contributed by atoms with Crippen molar-refractivity contribution in [3.63, 3.8) is 0 Å². The largest absolute Gasteiger partial charge is 1.00 e. The second kappa shape index (κ2) is 5.47. The number of benzene rings is 1. The molecule has 0 aliphatic heterocycles. The molecule has 0 amide bonds. The van der Waals surface area contributed by atoms with Gasteiger partial charge >= 0.3 is 29.6 Å². The van der Waals surface area contributed by atoms with Crippen molar-refractivity contribution >= 4 is 6.21 Å². The van der Waals surface area contributed by atoms with Crippen molar-refractivity contribution in [3.05, 3.63) is 35.9 Å². The van der Waals surface area contributed by atoms with Gasteiger partial charge in [-0.15, -0.1) is 0 Å². The molecule has 2 nitrogen and oxygen atoms in total. The molecule has 1 aromatic carbocycles. The number of hydrogen-bond donors (Lipinski definition) is 1. The van der Waals surface area contributed by atoms with E-state index >= 15 is 0 Å². The molecule has 1 rings (SSSR count). The molecule has 3 heteroatoms. The molecule has 0 fully saturated rings. The van der Waals surface area contributed by atoms with Crippen molar-refractivity contribution in [2.75, 3.05) is 0 Å². The molecule has 0 saturated heterocycles. The fraction of sp³-hybridized carbons (Fsp3) is 0. The molecule has 0 atom stereocenters. The molecule has 10 heavy (non-hydrogen) atoms. The van der Waals surface area contributed by atoms with E-state index in [1.54, 1.807) is 0 Å². The van der Waals surface area contributed by atoms with Gasteiger partial charge in [-0.2, -0.15) is 0 Å². The molecule has 1 aromatic rings. The fourth-order valence-electron chi connectivity index (χ4n) is 0.606. The summed E-state index contributed by atoms with van der Waals surface area (Å²) in [4.78, 5) is 0. The zero-order valence-corrected chi connectivity index (χ0v) is 7.86. The van der Waals surface area contributed by atoms with Gasteiger partial charge in [0.1, 0.15) is 0 Å². The first-order valence-corrected chi connectivity index (χ1v) is 2.66. The van der Waals surface area contributed by atoms with Crippen LogP contribution in [0.2, 0.25) is 0 Å². The summed E-state index contributed by atoms with van der Waals surface area (Å²) in [5.74, 6) is 0. The van der Waals surface area contributed by atoms with Crippen molar-refractivity contribution in [1.29, 1.82) is 0 Å². The van der Waals surface area contributed by atoms with Gasteiger partial charge in [0.05, 0.1) is 6.21 Å². The van der Waals surface area contributed by atoms with Crippen LogP contribution in [-0.2, 0) is 0 Å². The van der Waals surface area contributed by atoms with Crippen molar-refractivity contribution < 1.29 is 36.2 Å². The van der Waals surface area contributed by atoms with E-state index in [2.05, 4.69) is 5.16 Å². The molecule has 48 valence electrons. The maximum Gasteiger partial charge on any atom is 1.00 e. The smallest absolute Gasteiger partial charge is 1.00 e. The number of hydrogen-bond acceptors (Lipinski definition) is 2. The Kier molecular flexibility index (Phi) is 5.30. The summed E-state index contributed by atoms with van der Waals surface area (Å²) in [7, 11) is 0. The molecule has 1 N–H and O–H groups in total. The van der Waals surface area contributed by atoms with Crippen LogP contribution in [0, 0.1) is 0 Å². The van der Waals surface area contributed by atoms with Gasteiger partial charge in [-0.05, 0) is 5.56 Å². The Morgan fingerprint density at radius 2 is 1.90 bits per heavy atom. The Bertz CT molecular complexity index is 203. The molecule has 0 radical (unpaired) electrons. The van der Waals surface area contributed by atoms with Crippen LogP contribution < -0.4 is 29.6 Å². The minimum absolute atomic E-state index is 0. The van der Waals surface area contributed by atoms with Gasteiger partial charge in [-0.25, -0.2) is 0 Å². The Hall–Kier alpha value is -0.310. The van der Waals surface area contributed by atoms with Crippen LogP contribution in [0.1, 0.15) is 6.99 Å². The molecule has 0 spiro atoms. The quantitative estimate of drug-likeness (QED) is 0.224. The first-order valence-electron chi connectivity index (χ1n) is 2.66. The fourth-order valence-corrected chi connectivity index (χ4v) is 0.606. The number of oxime groups is 1. The molecule has 0 heterocycles. The third kappa shape index (κ3) is 3.01. The Labute approximate surface area is 83.3 Å². The Morgan fingerprint density at radius 3 is 2.40 bits per heavy atom. The molecule has 0 bridgehead atoms. The van der Waals surface area contributed by atoms with Crippen LogP contribution in [-0.4, -0.2) is 11.4 Å². The van der Waals surface area contributed by atoms with Gasteiger partial charge in [0.25, 0.3) is 0 Å². The minimum atomic E-state index is 0. The van der Waals surface area contributed by atoms with Gasteiger partial charge in [-0.1, -0.05) is 35.5 Å². The maximum absolute atomic E-state index is 8.09. The van der Waals surface area contributed by atoms with Crippen LogP contribution in [0.4, 0.5) is 0 Å². The summed E-state index contributed by atoms with van der Waals surface area (Å²) in [5.41, 5.74) is 0.903. The first kappa shape index (κ1) is 9.69. The van der Waals surface area contributed by atoms with Gasteiger partial charge in [-0.3, -0.25) is 0 Å². The van der Waals surface area contributed by atoms with Crippen molar-refractivity contribution in [2.24, 2.45) is 5.16 Å². The van der Waals surface area contributed by atoms with E-state index in [1.165, 1.54) is 6.21 Å². The third-order valence-corrected chi connectivity index (χ3v) is 1.01. The zero-order valence-electron chi connectivity index (χ0n) is 6.86. The van der Waals surface area contributed by atoms with E-state index in [4.69, 9.17) is 5.21 Å². The number of rotatable bonds is 1. The van der Waals surface area contributed by atoms with E-state index in [0.29, 0.717) is 0 Å². The van der Waals surface area contributed by atoms with Crippen LogP contribution in [0.3, 0.4) is 0 Å². The van der Waals surface area contributed by atoms with Crippen LogP contribution in [0.5, 0.6) is 0 Å². The molecular formula is C7H8NNaO. The molecule has 0 aromatic heterocycles. The summed E-state index contributed by atoms with van der Waals surface area (Å²) in [5, 5.41) is 11.0. The van der Waals surface area contributed by atoms with E-state index in [9.17, 15) is 0 Å². The third-order valence-electron chi connectivity index (χ3n) is 1.01. The molecular weight excluding hydrogens is 137 g/mol. The zero-order chi connectivity index (χ0) is 6.53. The van der Waals surface area contributed by atoms with E-state index in [-0.39, 0.29) is 31.0 Å². The van der Waals surface area contributed by atoms with Gasteiger partial charge in [0.2, 0.25) is 0 Å². The summed E-state index contributed by atoms with van der Waals surface area (Å²) >= 11 is 0. The maximum atomic E-state index is 8.09. The predicted molar refractivity (Wildman–Crippen MR) is 36.9 cm³/mol. The summed E-state index contributed by atoms with van der Waals surface area (Å²) in [6.07, 6.45) is 1.39. The Morgan fingerprint density at radius 1 is 1.30 bits per heavy atom. The summed E-state index contributed by atoms with van der Waals surface area (Å²) < 4.78 is 0. The van der Waals surface area contributed by atoms with E-state index < -0.39 is 0 Å². The second-order valence-electron chi connectivity index (χ2n) is 1.66. The molecule has 0 saturated carbocycles. The topological polar surface area (TPSA) is 32.6 Å². The number of nitrogens with zero attached hydrogens (tertiary/aromatic N) is 1. The standard InChI is InChI=1S/C7H7NO.Na.H/c9-8-6-7-4-2-1-3-5-7;;/h1-6,9H;;/q;+1;-1/b8-6-;;. The van der Waals surface area contributed by atoms with Crippen LogP contribution >= 0.6 is 0 Å². The van der Waals surface area contributed by atoms with Gasteiger partial charge < -0.3 is 6.63 Å². The second-order valence-corrected chi connectivity index (χ2v) is 1.66. The average Bonchev–Trinajstić information content (AvgIpc) is 1.91. The summed E-state index contributed by atoms with van der Waals surface area (Å²) in [6.45, 7) is 0. The summed E-state index contributed by atoms with van der Waals surface area (Å²) in [6, 6.07) is 9.40. The predicted octanol–water partition coefficient (Wildman–Crippen LogP) is -1.39. The molecule has 0 aliphatic rings. The molecule has 0 aliphatic carbocycles. The van der Waals surface area contributed by atoms with Crippen LogP contribution in [0.25, 0.3) is 0 Å². The normalized spacial score (nSPS) is 9.20.